The molecule has 146 valence electrons. The standard InChI is InChI=1S/C22H34O4/c1-19-8-5-15(23)13-14(19)3-4-17-16-6-9-21(10-7-18(24)26-21)20(16,2)11-12-22(17,19)25/h14-17,23,25H,3-13H2,1-2H3/t14-,15-,16-,17-,19-,20-,21+,22+/m0/s1. The maximum absolute atomic E-state index is 12.1. The van der Waals surface area contributed by atoms with Crippen molar-refractivity contribution < 1.29 is 19.7 Å². The van der Waals surface area contributed by atoms with E-state index >= 15 is 0 Å². The molecule has 0 radical (unpaired) electrons. The van der Waals surface area contributed by atoms with Gasteiger partial charge in [-0.15, -0.1) is 0 Å². The molecule has 5 fully saturated rings. The normalized spacial score (nSPS) is 58.8. The average Bonchev–Trinajstić information content (AvgIpc) is 3.11. The van der Waals surface area contributed by atoms with E-state index < -0.39 is 5.60 Å². The van der Waals surface area contributed by atoms with Gasteiger partial charge in [-0.2, -0.15) is 0 Å². The van der Waals surface area contributed by atoms with Gasteiger partial charge in [-0.05, 0) is 87.4 Å². The van der Waals surface area contributed by atoms with Gasteiger partial charge < -0.3 is 14.9 Å². The Balaban J connectivity index is 1.50. The molecular weight excluding hydrogens is 328 g/mol. The molecule has 0 bridgehead atoms. The predicted molar refractivity (Wildman–Crippen MR) is 97.3 cm³/mol. The summed E-state index contributed by atoms with van der Waals surface area (Å²) in [6.45, 7) is 4.65. The minimum Gasteiger partial charge on any atom is -0.458 e. The van der Waals surface area contributed by atoms with Gasteiger partial charge in [-0.1, -0.05) is 13.8 Å². The fourth-order valence-corrected chi connectivity index (χ4v) is 8.47. The summed E-state index contributed by atoms with van der Waals surface area (Å²) in [6.07, 6.45) is 9.91. The fourth-order valence-electron chi connectivity index (χ4n) is 8.47. The van der Waals surface area contributed by atoms with E-state index in [4.69, 9.17) is 4.74 Å². The molecule has 5 aliphatic rings. The van der Waals surface area contributed by atoms with E-state index in [1.165, 1.54) is 0 Å². The van der Waals surface area contributed by atoms with E-state index in [1.807, 2.05) is 0 Å². The Bertz CT molecular complexity index is 634. The maximum atomic E-state index is 12.1. The molecule has 1 aliphatic heterocycles. The minimum atomic E-state index is -0.617. The van der Waals surface area contributed by atoms with Crippen molar-refractivity contribution in [1.82, 2.24) is 0 Å². The molecule has 8 atom stereocenters. The number of aliphatic hydroxyl groups is 2. The van der Waals surface area contributed by atoms with Gasteiger partial charge in [0.25, 0.3) is 0 Å². The van der Waals surface area contributed by atoms with Gasteiger partial charge >= 0.3 is 5.97 Å². The Morgan fingerprint density at radius 3 is 2.46 bits per heavy atom. The first-order valence-electron chi connectivity index (χ1n) is 10.9. The molecule has 0 aromatic rings. The smallest absolute Gasteiger partial charge is 0.306 e. The number of esters is 1. The van der Waals surface area contributed by atoms with E-state index in [9.17, 15) is 15.0 Å². The zero-order valence-electron chi connectivity index (χ0n) is 16.3. The number of ether oxygens (including phenoxy) is 1. The topological polar surface area (TPSA) is 66.8 Å². The van der Waals surface area contributed by atoms with Crippen molar-refractivity contribution in [1.29, 1.82) is 0 Å². The number of carbonyl (C=O) groups excluding carboxylic acids is 1. The zero-order chi connectivity index (χ0) is 18.4. The molecule has 4 saturated carbocycles. The Kier molecular flexibility index (Phi) is 3.53. The van der Waals surface area contributed by atoms with Crippen molar-refractivity contribution in [3.63, 3.8) is 0 Å². The summed E-state index contributed by atoms with van der Waals surface area (Å²) >= 11 is 0. The lowest BCUT2D eigenvalue weighted by atomic mass is 9.42. The first-order valence-corrected chi connectivity index (χ1v) is 10.9. The molecule has 4 heteroatoms. The quantitative estimate of drug-likeness (QED) is 0.647. The minimum absolute atomic E-state index is 0.0213. The maximum Gasteiger partial charge on any atom is 0.306 e. The van der Waals surface area contributed by atoms with E-state index in [0.29, 0.717) is 24.2 Å². The van der Waals surface area contributed by atoms with E-state index in [1.54, 1.807) is 0 Å². The highest BCUT2D eigenvalue weighted by Crippen LogP contribution is 2.71. The molecule has 1 spiro atoms. The third-order valence-corrected chi connectivity index (χ3v) is 10.2. The Labute approximate surface area is 156 Å². The SMILES string of the molecule is C[C@]12CC[C@@]3(O)[C@@H](CC[C@H]4C[C@@H](O)CC[C@@]43C)[C@@H]1CC[C@@]21CCC(=O)O1. The molecule has 1 saturated heterocycles. The van der Waals surface area contributed by atoms with Gasteiger partial charge in [0, 0.05) is 11.8 Å². The second-order valence-electron chi connectivity index (χ2n) is 10.7. The summed E-state index contributed by atoms with van der Waals surface area (Å²) < 4.78 is 5.99. The zero-order valence-corrected chi connectivity index (χ0v) is 16.3. The van der Waals surface area contributed by atoms with E-state index in [2.05, 4.69) is 13.8 Å². The lowest BCUT2D eigenvalue weighted by Crippen LogP contribution is -2.66. The van der Waals surface area contributed by atoms with Crippen LogP contribution in [0.15, 0.2) is 0 Å². The molecular formula is C22H34O4. The summed E-state index contributed by atoms with van der Waals surface area (Å²) in [7, 11) is 0. The van der Waals surface area contributed by atoms with Crippen molar-refractivity contribution in [2.75, 3.05) is 0 Å². The van der Waals surface area contributed by atoms with Crippen molar-refractivity contribution >= 4 is 5.97 Å². The van der Waals surface area contributed by atoms with E-state index in [0.717, 1.165) is 64.2 Å². The predicted octanol–water partition coefficient (Wildman–Crippen LogP) is 3.58. The summed E-state index contributed by atoms with van der Waals surface area (Å²) in [6, 6.07) is 0. The molecule has 4 nitrogen and oxygen atoms in total. The van der Waals surface area contributed by atoms with Crippen LogP contribution in [-0.2, 0) is 9.53 Å². The van der Waals surface area contributed by atoms with Crippen molar-refractivity contribution in [3.8, 4) is 0 Å². The van der Waals surface area contributed by atoms with Gasteiger partial charge in [0.15, 0.2) is 0 Å². The molecule has 2 N–H and O–H groups in total. The number of aliphatic hydroxyl groups excluding tert-OH is 1. The highest BCUT2D eigenvalue weighted by atomic mass is 16.6. The third-order valence-electron chi connectivity index (χ3n) is 10.2. The van der Waals surface area contributed by atoms with Crippen molar-refractivity contribution in [2.45, 2.75) is 102 Å². The number of fused-ring (bicyclic) bond motifs is 6. The van der Waals surface area contributed by atoms with Crippen LogP contribution in [-0.4, -0.2) is 33.5 Å². The van der Waals surface area contributed by atoms with Crippen LogP contribution in [0.5, 0.6) is 0 Å². The summed E-state index contributed by atoms with van der Waals surface area (Å²) in [5.41, 5.74) is -0.934. The number of hydrogen-bond donors (Lipinski definition) is 2. The summed E-state index contributed by atoms with van der Waals surface area (Å²) in [4.78, 5) is 11.9. The second-order valence-corrected chi connectivity index (χ2v) is 10.7. The van der Waals surface area contributed by atoms with Crippen LogP contribution in [0.1, 0.15) is 84.5 Å². The van der Waals surface area contributed by atoms with Crippen molar-refractivity contribution in [2.24, 2.45) is 28.6 Å². The van der Waals surface area contributed by atoms with Crippen LogP contribution in [0.25, 0.3) is 0 Å². The molecule has 0 aromatic carbocycles. The lowest BCUT2D eigenvalue weighted by molar-refractivity contribution is -0.250. The summed E-state index contributed by atoms with van der Waals surface area (Å²) in [5.74, 6) is 1.19. The molecule has 4 aliphatic carbocycles. The first-order chi connectivity index (χ1) is 12.2. The largest absolute Gasteiger partial charge is 0.458 e. The number of carbonyl (C=O) groups is 1. The van der Waals surface area contributed by atoms with Gasteiger partial charge in [-0.25, -0.2) is 0 Å². The van der Waals surface area contributed by atoms with Crippen molar-refractivity contribution in [3.05, 3.63) is 0 Å². The van der Waals surface area contributed by atoms with Gasteiger partial charge in [0.2, 0.25) is 0 Å². The second kappa shape index (κ2) is 5.26. The highest BCUT2D eigenvalue weighted by Gasteiger charge is 2.71. The van der Waals surface area contributed by atoms with Crippen LogP contribution in [0, 0.1) is 28.6 Å². The van der Waals surface area contributed by atoms with Crippen LogP contribution in [0.4, 0.5) is 0 Å². The monoisotopic (exact) mass is 362 g/mol. The Morgan fingerprint density at radius 2 is 1.73 bits per heavy atom. The Hall–Kier alpha value is -0.610. The highest BCUT2D eigenvalue weighted by molar-refractivity contribution is 5.72. The summed E-state index contributed by atoms with van der Waals surface area (Å²) in [5, 5.41) is 22.3. The number of hydrogen-bond acceptors (Lipinski definition) is 4. The average molecular weight is 363 g/mol. The van der Waals surface area contributed by atoms with E-state index in [-0.39, 0.29) is 28.5 Å². The number of rotatable bonds is 0. The van der Waals surface area contributed by atoms with Crippen LogP contribution in [0.3, 0.4) is 0 Å². The van der Waals surface area contributed by atoms with Gasteiger partial charge in [0.1, 0.15) is 5.60 Å². The molecule has 5 rings (SSSR count). The first kappa shape index (κ1) is 17.5. The third kappa shape index (κ3) is 1.91. The molecule has 1 heterocycles. The molecule has 26 heavy (non-hydrogen) atoms. The molecule has 0 amide bonds. The van der Waals surface area contributed by atoms with Gasteiger partial charge in [0.05, 0.1) is 11.7 Å². The Morgan fingerprint density at radius 1 is 0.923 bits per heavy atom. The van der Waals surface area contributed by atoms with Crippen LogP contribution >= 0.6 is 0 Å². The molecule has 0 unspecified atom stereocenters. The van der Waals surface area contributed by atoms with Gasteiger partial charge in [-0.3, -0.25) is 4.79 Å². The lowest BCUT2D eigenvalue weighted by Gasteiger charge is -2.65. The molecule has 0 aromatic heterocycles. The van der Waals surface area contributed by atoms with Crippen LogP contribution in [0.2, 0.25) is 0 Å². The fraction of sp³-hybridized carbons (Fsp3) is 0.955. The van der Waals surface area contributed by atoms with Crippen LogP contribution < -0.4 is 0 Å².